The predicted octanol–water partition coefficient (Wildman–Crippen LogP) is 1.28. The van der Waals surface area contributed by atoms with Gasteiger partial charge in [-0.1, -0.05) is 18.2 Å². The summed E-state index contributed by atoms with van der Waals surface area (Å²) < 4.78 is 25.2. The third-order valence-electron chi connectivity index (χ3n) is 4.10. The second kappa shape index (κ2) is 5.73. The molecule has 7 heteroatoms. The Balaban J connectivity index is 1.75. The van der Waals surface area contributed by atoms with Gasteiger partial charge in [-0.2, -0.15) is 4.31 Å². The molecule has 1 N–H and O–H groups in total. The summed E-state index contributed by atoms with van der Waals surface area (Å²) in [6.07, 6.45) is 1.72. The highest BCUT2D eigenvalue weighted by molar-refractivity contribution is 7.89. The van der Waals surface area contributed by atoms with Gasteiger partial charge < -0.3 is 9.88 Å². The molecule has 1 aliphatic rings. The Morgan fingerprint density at radius 3 is 2.55 bits per heavy atom. The van der Waals surface area contributed by atoms with Crippen molar-refractivity contribution in [3.8, 4) is 0 Å². The Kier molecular flexibility index (Phi) is 3.92. The quantitative estimate of drug-likeness (QED) is 0.925. The fourth-order valence-corrected chi connectivity index (χ4v) is 3.86. The average molecular weight is 321 g/mol. The van der Waals surface area contributed by atoms with E-state index in [-0.39, 0.29) is 11.7 Å². The lowest BCUT2D eigenvalue weighted by atomic mass is 10.1. The Bertz CT molecular complexity index is 789. The number of hydrogen-bond acceptors (Lipinski definition) is 3. The number of piperazine rings is 1. The van der Waals surface area contributed by atoms with E-state index in [4.69, 9.17) is 0 Å². The van der Waals surface area contributed by atoms with Crippen LogP contribution in [-0.2, 0) is 10.0 Å². The standard InChI is InChI=1S/C15H19N3O3S/c1-2-22(20,21)18-9-7-17(8-10-18)15(19)13-11-16-14-6-4-3-5-12(13)14/h3-6,11,16H,2,7-10H2,1H3. The highest BCUT2D eigenvalue weighted by Gasteiger charge is 2.28. The SMILES string of the molecule is CCS(=O)(=O)N1CCN(C(=O)c2c[nH]c3ccccc23)CC1. The zero-order valence-corrected chi connectivity index (χ0v) is 13.3. The smallest absolute Gasteiger partial charge is 0.256 e. The minimum absolute atomic E-state index is 0.0500. The molecule has 1 aliphatic heterocycles. The molecular formula is C15H19N3O3S. The van der Waals surface area contributed by atoms with Gasteiger partial charge in [0, 0.05) is 43.3 Å². The van der Waals surface area contributed by atoms with Crippen LogP contribution in [0, 0.1) is 0 Å². The number of nitrogens with one attached hydrogen (secondary N) is 1. The molecule has 0 spiro atoms. The van der Waals surface area contributed by atoms with Crippen molar-refractivity contribution in [3.05, 3.63) is 36.0 Å². The number of carbonyl (C=O) groups is 1. The molecule has 0 atom stereocenters. The summed E-state index contributed by atoms with van der Waals surface area (Å²) in [6, 6.07) is 7.66. The molecule has 1 aromatic carbocycles. The van der Waals surface area contributed by atoms with Crippen LogP contribution in [0.2, 0.25) is 0 Å². The molecule has 2 heterocycles. The summed E-state index contributed by atoms with van der Waals surface area (Å²) in [4.78, 5) is 17.5. The lowest BCUT2D eigenvalue weighted by Crippen LogP contribution is -2.50. The molecule has 22 heavy (non-hydrogen) atoms. The number of para-hydroxylation sites is 1. The van der Waals surface area contributed by atoms with E-state index in [9.17, 15) is 13.2 Å². The van der Waals surface area contributed by atoms with E-state index in [0.717, 1.165) is 10.9 Å². The lowest BCUT2D eigenvalue weighted by molar-refractivity contribution is 0.0700. The molecule has 1 fully saturated rings. The maximum Gasteiger partial charge on any atom is 0.256 e. The Morgan fingerprint density at radius 1 is 1.18 bits per heavy atom. The van der Waals surface area contributed by atoms with E-state index in [0.29, 0.717) is 31.7 Å². The van der Waals surface area contributed by atoms with Gasteiger partial charge in [0.1, 0.15) is 0 Å². The van der Waals surface area contributed by atoms with E-state index < -0.39 is 10.0 Å². The zero-order valence-electron chi connectivity index (χ0n) is 12.4. The Labute approximate surface area is 129 Å². The van der Waals surface area contributed by atoms with Gasteiger partial charge >= 0.3 is 0 Å². The van der Waals surface area contributed by atoms with Crippen LogP contribution in [0.5, 0.6) is 0 Å². The molecule has 2 aromatic rings. The topological polar surface area (TPSA) is 73.5 Å². The van der Waals surface area contributed by atoms with E-state index in [1.54, 1.807) is 18.0 Å². The molecule has 1 aromatic heterocycles. The van der Waals surface area contributed by atoms with Crippen LogP contribution in [-0.4, -0.2) is 60.4 Å². The molecule has 1 saturated heterocycles. The summed E-state index contributed by atoms with van der Waals surface area (Å²) in [5.74, 6) is 0.0506. The van der Waals surface area contributed by atoms with Crippen molar-refractivity contribution >= 4 is 26.8 Å². The van der Waals surface area contributed by atoms with Gasteiger partial charge in [0.2, 0.25) is 10.0 Å². The van der Waals surface area contributed by atoms with Gasteiger partial charge in [-0.3, -0.25) is 4.79 Å². The van der Waals surface area contributed by atoms with Crippen molar-refractivity contribution in [2.45, 2.75) is 6.92 Å². The molecule has 6 nitrogen and oxygen atoms in total. The average Bonchev–Trinajstić information content (AvgIpc) is 2.98. The fourth-order valence-electron chi connectivity index (χ4n) is 2.77. The van der Waals surface area contributed by atoms with Crippen molar-refractivity contribution in [1.29, 1.82) is 0 Å². The first-order valence-corrected chi connectivity index (χ1v) is 8.97. The second-order valence-electron chi connectivity index (χ2n) is 5.34. The van der Waals surface area contributed by atoms with Crippen LogP contribution in [0.4, 0.5) is 0 Å². The summed E-state index contributed by atoms with van der Waals surface area (Å²) in [5, 5.41) is 0.899. The Morgan fingerprint density at radius 2 is 1.86 bits per heavy atom. The number of amides is 1. The fraction of sp³-hybridized carbons (Fsp3) is 0.400. The predicted molar refractivity (Wildman–Crippen MR) is 85.2 cm³/mol. The van der Waals surface area contributed by atoms with Gasteiger partial charge in [0.25, 0.3) is 5.91 Å². The zero-order chi connectivity index (χ0) is 15.7. The number of benzene rings is 1. The van der Waals surface area contributed by atoms with Gasteiger partial charge in [-0.25, -0.2) is 8.42 Å². The number of nitrogens with zero attached hydrogens (tertiary/aromatic N) is 2. The molecule has 0 saturated carbocycles. The van der Waals surface area contributed by atoms with Crippen LogP contribution < -0.4 is 0 Å². The number of hydrogen-bond donors (Lipinski definition) is 1. The summed E-state index contributed by atoms with van der Waals surface area (Å²) in [6.45, 7) is 3.22. The lowest BCUT2D eigenvalue weighted by Gasteiger charge is -2.33. The summed E-state index contributed by atoms with van der Waals surface area (Å²) in [5.41, 5.74) is 1.57. The first kappa shape index (κ1) is 15.1. The highest BCUT2D eigenvalue weighted by atomic mass is 32.2. The van der Waals surface area contributed by atoms with Crippen molar-refractivity contribution in [2.24, 2.45) is 0 Å². The largest absolute Gasteiger partial charge is 0.360 e. The van der Waals surface area contributed by atoms with Gasteiger partial charge in [0.05, 0.1) is 11.3 Å². The van der Waals surface area contributed by atoms with Crippen LogP contribution in [0.15, 0.2) is 30.5 Å². The van der Waals surface area contributed by atoms with Gasteiger partial charge in [-0.15, -0.1) is 0 Å². The van der Waals surface area contributed by atoms with E-state index in [2.05, 4.69) is 4.98 Å². The number of rotatable bonds is 3. The van der Waals surface area contributed by atoms with Crippen LogP contribution >= 0.6 is 0 Å². The van der Waals surface area contributed by atoms with Gasteiger partial charge in [0.15, 0.2) is 0 Å². The maximum atomic E-state index is 12.6. The van der Waals surface area contributed by atoms with Crippen molar-refractivity contribution in [1.82, 2.24) is 14.2 Å². The molecule has 1 amide bonds. The van der Waals surface area contributed by atoms with Gasteiger partial charge in [-0.05, 0) is 13.0 Å². The van der Waals surface area contributed by atoms with Crippen LogP contribution in [0.1, 0.15) is 17.3 Å². The minimum Gasteiger partial charge on any atom is -0.360 e. The number of sulfonamides is 1. The van der Waals surface area contributed by atoms with E-state index in [1.165, 1.54) is 4.31 Å². The molecule has 3 rings (SSSR count). The first-order valence-electron chi connectivity index (χ1n) is 7.36. The number of carbonyl (C=O) groups excluding carboxylic acids is 1. The number of aromatic nitrogens is 1. The van der Waals surface area contributed by atoms with Crippen LogP contribution in [0.25, 0.3) is 10.9 Å². The molecule has 118 valence electrons. The van der Waals surface area contributed by atoms with Crippen LogP contribution in [0.3, 0.4) is 0 Å². The normalized spacial score (nSPS) is 17.0. The third-order valence-corrected chi connectivity index (χ3v) is 5.99. The molecule has 0 bridgehead atoms. The third kappa shape index (κ3) is 2.62. The number of fused-ring (bicyclic) bond motifs is 1. The molecule has 0 radical (unpaired) electrons. The highest BCUT2D eigenvalue weighted by Crippen LogP contribution is 2.20. The number of H-pyrrole nitrogens is 1. The molecular weight excluding hydrogens is 302 g/mol. The van der Waals surface area contributed by atoms with Crippen molar-refractivity contribution < 1.29 is 13.2 Å². The number of aromatic amines is 1. The Hall–Kier alpha value is -1.86. The summed E-state index contributed by atoms with van der Waals surface area (Å²) >= 11 is 0. The first-order chi connectivity index (χ1) is 10.5. The van der Waals surface area contributed by atoms with Crippen molar-refractivity contribution in [2.75, 3.05) is 31.9 Å². The monoisotopic (exact) mass is 321 g/mol. The maximum absolute atomic E-state index is 12.6. The molecule has 0 unspecified atom stereocenters. The van der Waals surface area contributed by atoms with E-state index in [1.807, 2.05) is 24.3 Å². The molecule has 0 aliphatic carbocycles. The minimum atomic E-state index is -3.17. The van der Waals surface area contributed by atoms with Crippen molar-refractivity contribution in [3.63, 3.8) is 0 Å². The second-order valence-corrected chi connectivity index (χ2v) is 7.60. The van der Waals surface area contributed by atoms with E-state index >= 15 is 0 Å². The summed E-state index contributed by atoms with van der Waals surface area (Å²) in [7, 11) is -3.17.